The second-order valence-electron chi connectivity index (χ2n) is 5.21. The average Bonchev–Trinajstić information content (AvgIpc) is 2.74. The molecule has 90 valence electrons. The van der Waals surface area contributed by atoms with Crippen molar-refractivity contribution in [3.63, 3.8) is 0 Å². The molecule has 0 radical (unpaired) electrons. The molecule has 1 nitrogen and oxygen atoms in total. The Morgan fingerprint density at radius 3 is 3.00 bits per heavy atom. The van der Waals surface area contributed by atoms with Crippen LogP contribution in [0.1, 0.15) is 36.1 Å². The maximum atomic E-state index is 3.53. The van der Waals surface area contributed by atoms with E-state index in [0.29, 0.717) is 6.04 Å². The summed E-state index contributed by atoms with van der Waals surface area (Å²) < 4.78 is 1.45. The highest BCUT2D eigenvalue weighted by molar-refractivity contribution is 7.19. The van der Waals surface area contributed by atoms with Crippen molar-refractivity contribution >= 4 is 21.4 Å². The van der Waals surface area contributed by atoms with Crippen LogP contribution in [-0.4, -0.2) is 12.6 Å². The minimum Gasteiger partial charge on any atom is -0.314 e. The van der Waals surface area contributed by atoms with Gasteiger partial charge in [-0.15, -0.1) is 11.3 Å². The monoisotopic (exact) mass is 245 g/mol. The number of fused-ring (bicyclic) bond motifs is 1. The van der Waals surface area contributed by atoms with E-state index in [2.05, 4.69) is 43.4 Å². The maximum absolute atomic E-state index is 3.53. The lowest BCUT2D eigenvalue weighted by Gasteiger charge is -2.27. The third kappa shape index (κ3) is 2.12. The first kappa shape index (κ1) is 11.2. The zero-order valence-corrected chi connectivity index (χ0v) is 11.3. The number of hydrogen-bond acceptors (Lipinski definition) is 2. The average molecular weight is 245 g/mol. The van der Waals surface area contributed by atoms with E-state index in [1.165, 1.54) is 35.0 Å². The third-order valence-electron chi connectivity index (χ3n) is 3.82. The molecule has 1 aliphatic heterocycles. The molecule has 2 heterocycles. The van der Waals surface area contributed by atoms with Crippen molar-refractivity contribution < 1.29 is 0 Å². The van der Waals surface area contributed by atoms with Gasteiger partial charge in [0.15, 0.2) is 0 Å². The maximum Gasteiger partial charge on any atom is 0.0348 e. The second-order valence-corrected chi connectivity index (χ2v) is 6.33. The molecule has 1 N–H and O–H groups in total. The minimum atomic E-state index is 0.667. The standard InChI is InChI=1S/C15H19NS/c1-10-4-3-5-14-13(10)9-15(17-14)12-6-7-16-11(2)8-12/h3-5,9,11-12,16H,6-8H2,1-2H3/t11-,12-/m0/s1. The molecule has 0 bridgehead atoms. The summed E-state index contributed by atoms with van der Waals surface area (Å²) in [4.78, 5) is 1.59. The van der Waals surface area contributed by atoms with Gasteiger partial charge >= 0.3 is 0 Å². The van der Waals surface area contributed by atoms with Crippen molar-refractivity contribution in [3.8, 4) is 0 Å². The topological polar surface area (TPSA) is 12.0 Å². The van der Waals surface area contributed by atoms with Crippen molar-refractivity contribution in [1.29, 1.82) is 0 Å². The van der Waals surface area contributed by atoms with Crippen molar-refractivity contribution in [2.45, 2.75) is 38.6 Å². The number of benzene rings is 1. The van der Waals surface area contributed by atoms with Crippen LogP contribution >= 0.6 is 11.3 Å². The number of aryl methyl sites for hydroxylation is 1. The van der Waals surface area contributed by atoms with Gasteiger partial charge in [-0.25, -0.2) is 0 Å². The van der Waals surface area contributed by atoms with Crippen molar-refractivity contribution in [1.82, 2.24) is 5.32 Å². The van der Waals surface area contributed by atoms with Crippen LogP contribution in [0.5, 0.6) is 0 Å². The summed E-state index contributed by atoms with van der Waals surface area (Å²) in [6, 6.07) is 9.73. The normalized spacial score (nSPS) is 25.3. The summed E-state index contributed by atoms with van der Waals surface area (Å²) in [5, 5.41) is 4.99. The molecule has 0 spiro atoms. The molecular formula is C15H19NS. The van der Waals surface area contributed by atoms with Crippen LogP contribution in [0, 0.1) is 6.92 Å². The molecule has 3 rings (SSSR count). The van der Waals surface area contributed by atoms with Gasteiger partial charge < -0.3 is 5.32 Å². The first-order valence-electron chi connectivity index (χ1n) is 6.46. The molecule has 1 fully saturated rings. The van der Waals surface area contributed by atoms with E-state index in [1.807, 2.05) is 11.3 Å². The van der Waals surface area contributed by atoms with Gasteiger partial charge in [-0.3, -0.25) is 0 Å². The zero-order valence-electron chi connectivity index (χ0n) is 10.5. The quantitative estimate of drug-likeness (QED) is 0.798. The van der Waals surface area contributed by atoms with E-state index < -0.39 is 0 Å². The minimum absolute atomic E-state index is 0.667. The highest BCUT2D eigenvalue weighted by atomic mass is 32.1. The van der Waals surface area contributed by atoms with E-state index in [-0.39, 0.29) is 0 Å². The molecule has 2 heteroatoms. The summed E-state index contributed by atoms with van der Waals surface area (Å²) in [6.45, 7) is 5.67. The van der Waals surface area contributed by atoms with Gasteiger partial charge in [0.1, 0.15) is 0 Å². The molecule has 2 aromatic rings. The Bertz CT molecular complexity index is 529. The molecule has 1 aliphatic rings. The van der Waals surface area contributed by atoms with Gasteiger partial charge in [0, 0.05) is 15.6 Å². The number of rotatable bonds is 1. The van der Waals surface area contributed by atoms with Gasteiger partial charge in [0.25, 0.3) is 0 Å². The van der Waals surface area contributed by atoms with Crippen LogP contribution in [0.4, 0.5) is 0 Å². The fraction of sp³-hybridized carbons (Fsp3) is 0.467. The molecule has 0 aliphatic carbocycles. The molecule has 17 heavy (non-hydrogen) atoms. The van der Waals surface area contributed by atoms with Crippen LogP contribution in [0.2, 0.25) is 0 Å². The number of piperidine rings is 1. The molecular weight excluding hydrogens is 226 g/mol. The second kappa shape index (κ2) is 4.43. The van der Waals surface area contributed by atoms with Gasteiger partial charge in [0.05, 0.1) is 0 Å². The Balaban J connectivity index is 1.97. The van der Waals surface area contributed by atoms with E-state index in [9.17, 15) is 0 Å². The highest BCUT2D eigenvalue weighted by Crippen LogP contribution is 2.37. The summed E-state index contributed by atoms with van der Waals surface area (Å²) >= 11 is 1.99. The number of hydrogen-bond donors (Lipinski definition) is 1. The Labute approximate surface area is 107 Å². The largest absolute Gasteiger partial charge is 0.314 e. The van der Waals surface area contributed by atoms with Crippen LogP contribution < -0.4 is 5.32 Å². The Hall–Kier alpha value is -0.860. The fourth-order valence-electron chi connectivity index (χ4n) is 2.82. The Kier molecular flexibility index (Phi) is 2.93. The number of thiophene rings is 1. The first-order valence-corrected chi connectivity index (χ1v) is 7.28. The SMILES string of the molecule is Cc1cccc2sc([C@H]3CCN[C@@H](C)C3)cc12. The molecule has 1 aromatic carbocycles. The van der Waals surface area contributed by atoms with Gasteiger partial charge in [-0.05, 0) is 62.2 Å². The predicted molar refractivity (Wildman–Crippen MR) is 76.0 cm³/mol. The van der Waals surface area contributed by atoms with Crippen molar-refractivity contribution in [2.75, 3.05) is 6.54 Å². The number of nitrogens with one attached hydrogen (secondary N) is 1. The molecule has 0 amide bonds. The smallest absolute Gasteiger partial charge is 0.0348 e. The summed E-state index contributed by atoms with van der Waals surface area (Å²) in [5.74, 6) is 0.767. The van der Waals surface area contributed by atoms with E-state index in [1.54, 1.807) is 4.88 Å². The molecule has 0 saturated carbocycles. The van der Waals surface area contributed by atoms with Gasteiger partial charge in [0.2, 0.25) is 0 Å². The highest BCUT2D eigenvalue weighted by Gasteiger charge is 2.21. The van der Waals surface area contributed by atoms with Crippen LogP contribution in [-0.2, 0) is 0 Å². The lowest BCUT2D eigenvalue weighted by molar-refractivity contribution is 0.384. The molecule has 1 saturated heterocycles. The fourth-order valence-corrected chi connectivity index (χ4v) is 4.11. The molecule has 1 aromatic heterocycles. The van der Waals surface area contributed by atoms with E-state index in [4.69, 9.17) is 0 Å². The van der Waals surface area contributed by atoms with Crippen LogP contribution in [0.3, 0.4) is 0 Å². The predicted octanol–water partition coefficient (Wildman–Crippen LogP) is 4.07. The van der Waals surface area contributed by atoms with Crippen molar-refractivity contribution in [2.24, 2.45) is 0 Å². The lowest BCUT2D eigenvalue weighted by Crippen LogP contribution is -2.34. The first-order chi connectivity index (χ1) is 8.24. The Morgan fingerprint density at radius 2 is 2.24 bits per heavy atom. The Morgan fingerprint density at radius 1 is 1.35 bits per heavy atom. The van der Waals surface area contributed by atoms with E-state index >= 15 is 0 Å². The summed E-state index contributed by atoms with van der Waals surface area (Å²) in [6.07, 6.45) is 2.57. The third-order valence-corrected chi connectivity index (χ3v) is 5.09. The van der Waals surface area contributed by atoms with Gasteiger partial charge in [-0.2, -0.15) is 0 Å². The summed E-state index contributed by atoms with van der Waals surface area (Å²) in [5.41, 5.74) is 1.41. The lowest BCUT2D eigenvalue weighted by atomic mass is 9.91. The van der Waals surface area contributed by atoms with Gasteiger partial charge in [-0.1, -0.05) is 12.1 Å². The summed E-state index contributed by atoms with van der Waals surface area (Å²) in [7, 11) is 0. The van der Waals surface area contributed by atoms with Crippen LogP contribution in [0.15, 0.2) is 24.3 Å². The van der Waals surface area contributed by atoms with Crippen molar-refractivity contribution in [3.05, 3.63) is 34.7 Å². The molecule has 0 unspecified atom stereocenters. The van der Waals surface area contributed by atoms with E-state index in [0.717, 1.165) is 5.92 Å². The molecule has 2 atom stereocenters. The zero-order chi connectivity index (χ0) is 11.8. The van der Waals surface area contributed by atoms with Crippen LogP contribution in [0.25, 0.3) is 10.1 Å².